The molecule has 0 saturated heterocycles. The highest BCUT2D eigenvalue weighted by Crippen LogP contribution is 2.27. The number of aliphatic hydroxyl groups is 1. The molecule has 30 heavy (non-hydrogen) atoms. The van der Waals surface area contributed by atoms with E-state index in [0.717, 1.165) is 31.2 Å². The molecule has 1 heterocycles. The van der Waals surface area contributed by atoms with Gasteiger partial charge in [0.1, 0.15) is 5.52 Å². The Morgan fingerprint density at radius 1 is 1.30 bits per heavy atom. The van der Waals surface area contributed by atoms with Gasteiger partial charge in [0.2, 0.25) is 0 Å². The molecular weight excluding hydrogens is 402 g/mol. The number of carbonyl (C=O) groups excluding carboxylic acids is 1. The summed E-state index contributed by atoms with van der Waals surface area (Å²) in [7, 11) is 0. The minimum atomic E-state index is -0.562. The number of carbonyl (C=O) groups is 1. The van der Waals surface area contributed by atoms with E-state index in [0.29, 0.717) is 40.8 Å². The van der Waals surface area contributed by atoms with Crippen LogP contribution in [0, 0.1) is 0 Å². The molecule has 4 rings (SSSR count). The summed E-state index contributed by atoms with van der Waals surface area (Å²) in [6.07, 6.45) is 3.66. The van der Waals surface area contributed by atoms with E-state index in [1.165, 1.54) is 0 Å². The summed E-state index contributed by atoms with van der Waals surface area (Å²) in [5.74, 6) is -0.0684. The molecule has 1 aliphatic rings. The van der Waals surface area contributed by atoms with Crippen LogP contribution in [0.4, 0.5) is 6.01 Å². The van der Waals surface area contributed by atoms with E-state index >= 15 is 0 Å². The number of aliphatic hydroxyl groups excluding tert-OH is 1. The van der Waals surface area contributed by atoms with Crippen LogP contribution >= 0.6 is 11.6 Å². The molecular formula is C23H26ClN3O3. The molecule has 0 spiro atoms. The number of halogens is 1. The van der Waals surface area contributed by atoms with Gasteiger partial charge in [-0.25, -0.2) is 0 Å². The zero-order chi connectivity index (χ0) is 21.1. The first kappa shape index (κ1) is 20.7. The predicted molar refractivity (Wildman–Crippen MR) is 118 cm³/mol. The standard InChI is InChI=1S/C23H26ClN3O3/c1-15(28)14-27(19-7-2-3-8-19)22(29)17-9-10-21-20(12-17)26-23(30-21)25-13-16-5-4-6-18(24)11-16/h4-6,9-12,15,19,28H,2-3,7-8,13-14H2,1H3,(H,25,26). The van der Waals surface area contributed by atoms with E-state index in [1.807, 2.05) is 29.2 Å². The first-order valence-electron chi connectivity index (χ1n) is 10.4. The summed E-state index contributed by atoms with van der Waals surface area (Å²) in [6.45, 7) is 2.59. The minimum Gasteiger partial charge on any atom is -0.424 e. The molecule has 158 valence electrons. The molecule has 1 aliphatic carbocycles. The van der Waals surface area contributed by atoms with Gasteiger partial charge in [0.15, 0.2) is 5.58 Å². The lowest BCUT2D eigenvalue weighted by molar-refractivity contribution is 0.0546. The maximum Gasteiger partial charge on any atom is 0.295 e. The summed E-state index contributed by atoms with van der Waals surface area (Å²) in [4.78, 5) is 19.5. The molecule has 1 aromatic heterocycles. The number of nitrogens with one attached hydrogen (secondary N) is 1. The average Bonchev–Trinajstić information content (AvgIpc) is 3.39. The fourth-order valence-electron chi connectivity index (χ4n) is 4.02. The van der Waals surface area contributed by atoms with Gasteiger partial charge >= 0.3 is 0 Å². The number of nitrogens with zero attached hydrogens (tertiary/aromatic N) is 2. The Hall–Kier alpha value is -2.57. The van der Waals surface area contributed by atoms with Gasteiger partial charge in [-0.05, 0) is 55.7 Å². The van der Waals surface area contributed by atoms with Crippen molar-refractivity contribution in [2.24, 2.45) is 0 Å². The smallest absolute Gasteiger partial charge is 0.295 e. The Balaban J connectivity index is 1.51. The van der Waals surface area contributed by atoms with Gasteiger partial charge < -0.3 is 19.7 Å². The second-order valence-corrected chi connectivity index (χ2v) is 8.37. The van der Waals surface area contributed by atoms with Gasteiger partial charge in [-0.2, -0.15) is 4.98 Å². The van der Waals surface area contributed by atoms with Crippen LogP contribution in [0.25, 0.3) is 11.1 Å². The average molecular weight is 428 g/mol. The predicted octanol–water partition coefficient (Wildman–Crippen LogP) is 4.86. The maximum absolute atomic E-state index is 13.2. The van der Waals surface area contributed by atoms with E-state index < -0.39 is 6.10 Å². The van der Waals surface area contributed by atoms with E-state index in [-0.39, 0.29) is 11.9 Å². The molecule has 1 saturated carbocycles. The molecule has 2 N–H and O–H groups in total. The normalized spacial score (nSPS) is 15.4. The zero-order valence-corrected chi connectivity index (χ0v) is 17.7. The number of benzene rings is 2. The number of aromatic nitrogens is 1. The molecule has 0 aliphatic heterocycles. The summed E-state index contributed by atoms with van der Waals surface area (Å²) in [6, 6.07) is 13.5. The Bertz CT molecular complexity index is 1030. The number of hydrogen-bond acceptors (Lipinski definition) is 5. The number of amides is 1. The third-order valence-corrected chi connectivity index (χ3v) is 5.69. The second kappa shape index (κ2) is 9.06. The van der Waals surface area contributed by atoms with Crippen LogP contribution in [-0.4, -0.2) is 39.6 Å². The van der Waals surface area contributed by atoms with Crippen LogP contribution in [0.15, 0.2) is 46.9 Å². The summed E-state index contributed by atoms with van der Waals surface area (Å²) in [5.41, 5.74) is 2.82. The molecule has 6 nitrogen and oxygen atoms in total. The highest BCUT2D eigenvalue weighted by Gasteiger charge is 2.28. The molecule has 0 radical (unpaired) electrons. The van der Waals surface area contributed by atoms with Gasteiger partial charge in [0.25, 0.3) is 11.9 Å². The number of fused-ring (bicyclic) bond motifs is 1. The number of oxazole rings is 1. The summed E-state index contributed by atoms with van der Waals surface area (Å²) in [5, 5.41) is 13.7. The molecule has 2 aromatic carbocycles. The van der Waals surface area contributed by atoms with Gasteiger partial charge in [-0.1, -0.05) is 36.6 Å². The minimum absolute atomic E-state index is 0.0684. The van der Waals surface area contributed by atoms with Crippen molar-refractivity contribution in [2.75, 3.05) is 11.9 Å². The summed E-state index contributed by atoms with van der Waals surface area (Å²) >= 11 is 6.02. The van der Waals surface area contributed by atoms with E-state index in [9.17, 15) is 9.90 Å². The van der Waals surface area contributed by atoms with E-state index in [4.69, 9.17) is 16.0 Å². The van der Waals surface area contributed by atoms with Gasteiger partial charge in [-0.3, -0.25) is 4.79 Å². The van der Waals surface area contributed by atoms with Crippen molar-refractivity contribution in [1.82, 2.24) is 9.88 Å². The molecule has 1 unspecified atom stereocenters. The van der Waals surface area contributed by atoms with E-state index in [1.54, 1.807) is 25.1 Å². The number of anilines is 1. The zero-order valence-electron chi connectivity index (χ0n) is 17.0. The molecule has 1 atom stereocenters. The second-order valence-electron chi connectivity index (χ2n) is 7.93. The SMILES string of the molecule is CC(O)CN(C(=O)c1ccc2oc(NCc3cccc(Cl)c3)nc2c1)C1CCCC1. The van der Waals surface area contributed by atoms with E-state index in [2.05, 4.69) is 10.3 Å². The van der Waals surface area contributed by atoms with Crippen LogP contribution < -0.4 is 5.32 Å². The quantitative estimate of drug-likeness (QED) is 0.563. The van der Waals surface area contributed by atoms with Gasteiger partial charge in [0.05, 0.1) is 6.10 Å². The summed E-state index contributed by atoms with van der Waals surface area (Å²) < 4.78 is 5.76. The lowest BCUT2D eigenvalue weighted by Gasteiger charge is -2.30. The number of rotatable bonds is 7. The van der Waals surface area contributed by atoms with Crippen LogP contribution in [0.1, 0.15) is 48.5 Å². The molecule has 0 bridgehead atoms. The van der Waals surface area contributed by atoms with Crippen LogP contribution in [0.2, 0.25) is 5.02 Å². The van der Waals surface area contributed by atoms with Gasteiger partial charge in [-0.15, -0.1) is 0 Å². The Kier molecular flexibility index (Phi) is 6.25. The monoisotopic (exact) mass is 427 g/mol. The number of hydrogen-bond donors (Lipinski definition) is 2. The molecule has 7 heteroatoms. The highest BCUT2D eigenvalue weighted by atomic mass is 35.5. The Labute approximate surface area is 180 Å². The lowest BCUT2D eigenvalue weighted by Crippen LogP contribution is -2.42. The van der Waals surface area contributed by atoms with Crippen molar-refractivity contribution >= 4 is 34.6 Å². The van der Waals surface area contributed by atoms with Crippen molar-refractivity contribution < 1.29 is 14.3 Å². The Morgan fingerprint density at radius 3 is 2.83 bits per heavy atom. The van der Waals surface area contributed by atoms with Crippen LogP contribution in [-0.2, 0) is 6.54 Å². The van der Waals surface area contributed by atoms with Crippen LogP contribution in [0.3, 0.4) is 0 Å². The van der Waals surface area contributed by atoms with Crippen molar-refractivity contribution in [1.29, 1.82) is 0 Å². The lowest BCUT2D eigenvalue weighted by atomic mass is 10.1. The first-order valence-corrected chi connectivity index (χ1v) is 10.8. The van der Waals surface area contributed by atoms with Crippen molar-refractivity contribution in [2.45, 2.75) is 51.3 Å². The highest BCUT2D eigenvalue weighted by molar-refractivity contribution is 6.30. The fourth-order valence-corrected chi connectivity index (χ4v) is 4.24. The molecule has 1 amide bonds. The Morgan fingerprint density at radius 2 is 2.10 bits per heavy atom. The topological polar surface area (TPSA) is 78.6 Å². The third kappa shape index (κ3) is 4.77. The molecule has 1 fully saturated rings. The molecule has 3 aromatic rings. The maximum atomic E-state index is 13.2. The van der Waals surface area contributed by atoms with Crippen molar-refractivity contribution in [3.63, 3.8) is 0 Å². The fraction of sp³-hybridized carbons (Fsp3) is 0.391. The first-order chi connectivity index (χ1) is 14.5. The third-order valence-electron chi connectivity index (χ3n) is 5.45. The van der Waals surface area contributed by atoms with Crippen LogP contribution in [0.5, 0.6) is 0 Å². The van der Waals surface area contributed by atoms with Crippen molar-refractivity contribution in [3.8, 4) is 0 Å². The van der Waals surface area contributed by atoms with Gasteiger partial charge in [0, 0.05) is 29.7 Å². The van der Waals surface area contributed by atoms with Crippen molar-refractivity contribution in [3.05, 3.63) is 58.6 Å². The largest absolute Gasteiger partial charge is 0.424 e.